The molecule has 0 fully saturated rings. The topological polar surface area (TPSA) is 109 Å². The van der Waals surface area contributed by atoms with Crippen LogP contribution in [0.2, 0.25) is 0 Å². The largest absolute Gasteiger partial charge is 0.327 e. The molecular formula is C13H6N4O3. The van der Waals surface area contributed by atoms with Crippen LogP contribution in [0.1, 0.15) is 16.1 Å². The number of aromatic nitrogens is 4. The quantitative estimate of drug-likeness (QED) is 0.473. The predicted octanol–water partition coefficient (Wildman–Crippen LogP) is 0.218. The van der Waals surface area contributed by atoms with E-state index in [1.807, 2.05) is 0 Å². The summed E-state index contributed by atoms with van der Waals surface area (Å²) in [5, 5.41) is 0. The number of carbonyl (C=O) groups excluding carboxylic acids is 1. The van der Waals surface area contributed by atoms with Crippen LogP contribution in [-0.4, -0.2) is 25.7 Å². The van der Waals surface area contributed by atoms with Crippen LogP contribution in [0.4, 0.5) is 0 Å². The van der Waals surface area contributed by atoms with Gasteiger partial charge in [0.25, 0.3) is 5.56 Å². The molecule has 2 N–H and O–H groups in total. The lowest BCUT2D eigenvalue weighted by molar-refractivity contribution is 0.103. The second kappa shape index (κ2) is 3.47. The third-order valence-corrected chi connectivity index (χ3v) is 3.21. The Kier molecular flexibility index (Phi) is 1.88. The molecular weight excluding hydrogens is 260 g/mol. The summed E-state index contributed by atoms with van der Waals surface area (Å²) < 4.78 is 0. The van der Waals surface area contributed by atoms with Crippen LogP contribution in [0.25, 0.3) is 22.4 Å². The normalized spacial score (nSPS) is 12.5. The molecule has 2 aromatic heterocycles. The van der Waals surface area contributed by atoms with E-state index in [4.69, 9.17) is 0 Å². The Bertz CT molecular complexity index is 1020. The monoisotopic (exact) mass is 266 g/mol. The number of rotatable bonds is 0. The second-order valence-corrected chi connectivity index (χ2v) is 4.40. The summed E-state index contributed by atoms with van der Waals surface area (Å²) in [7, 11) is 0. The van der Waals surface area contributed by atoms with Gasteiger partial charge in [-0.2, -0.15) is 0 Å². The molecule has 4 rings (SSSR count). The molecule has 2 heterocycles. The third kappa shape index (κ3) is 1.26. The van der Waals surface area contributed by atoms with Crippen LogP contribution in [0.3, 0.4) is 0 Å². The Hall–Kier alpha value is -3.09. The number of nitrogens with one attached hydrogen (secondary N) is 2. The van der Waals surface area contributed by atoms with Crippen LogP contribution in [-0.2, 0) is 0 Å². The Morgan fingerprint density at radius 2 is 1.60 bits per heavy atom. The van der Waals surface area contributed by atoms with Gasteiger partial charge in [-0.05, 0) is 0 Å². The molecule has 96 valence electrons. The average Bonchev–Trinajstić information content (AvgIpc) is 2.71. The van der Waals surface area contributed by atoms with Crippen LogP contribution in [0, 0.1) is 0 Å². The fourth-order valence-electron chi connectivity index (χ4n) is 2.34. The van der Waals surface area contributed by atoms with Gasteiger partial charge in [-0.3, -0.25) is 19.6 Å². The number of hydrogen-bond donors (Lipinski definition) is 2. The summed E-state index contributed by atoms with van der Waals surface area (Å²) in [6, 6.07) is 6.97. The summed E-state index contributed by atoms with van der Waals surface area (Å²) in [6.45, 7) is 0. The van der Waals surface area contributed by atoms with Crippen molar-refractivity contribution in [3.8, 4) is 11.3 Å². The van der Waals surface area contributed by atoms with Gasteiger partial charge in [-0.25, -0.2) is 14.8 Å². The lowest BCUT2D eigenvalue weighted by Crippen LogP contribution is -2.24. The SMILES string of the molecule is O=C1c2ccccc2-c2nc3[nH]c(=O)[nH]c(=O)c3nc21. The fraction of sp³-hybridized carbons (Fsp3) is 0. The van der Waals surface area contributed by atoms with E-state index in [1.165, 1.54) is 0 Å². The van der Waals surface area contributed by atoms with Crippen LogP contribution in [0.15, 0.2) is 33.9 Å². The maximum Gasteiger partial charge on any atom is 0.327 e. The highest BCUT2D eigenvalue weighted by atomic mass is 16.2. The summed E-state index contributed by atoms with van der Waals surface area (Å²) in [6.07, 6.45) is 0. The zero-order valence-corrected chi connectivity index (χ0v) is 9.93. The van der Waals surface area contributed by atoms with Crippen molar-refractivity contribution in [1.82, 2.24) is 19.9 Å². The number of carbonyl (C=O) groups is 1. The molecule has 20 heavy (non-hydrogen) atoms. The predicted molar refractivity (Wildman–Crippen MR) is 69.6 cm³/mol. The molecule has 0 saturated carbocycles. The standard InChI is InChI=1S/C13H6N4O3/c18-10-6-4-2-1-3-5(6)7-8(10)14-9-11(15-7)16-13(20)17-12(9)19/h1-4H,(H2,15,16,17,19,20). The van der Waals surface area contributed by atoms with Crippen LogP contribution < -0.4 is 11.2 Å². The third-order valence-electron chi connectivity index (χ3n) is 3.21. The van der Waals surface area contributed by atoms with Crippen molar-refractivity contribution in [1.29, 1.82) is 0 Å². The molecule has 0 bridgehead atoms. The van der Waals surface area contributed by atoms with E-state index in [1.54, 1.807) is 24.3 Å². The number of benzene rings is 1. The van der Waals surface area contributed by atoms with Crippen molar-refractivity contribution in [3.63, 3.8) is 0 Å². The van der Waals surface area contributed by atoms with Gasteiger partial charge in [-0.1, -0.05) is 24.3 Å². The van der Waals surface area contributed by atoms with Crippen LogP contribution >= 0.6 is 0 Å². The highest BCUT2D eigenvalue weighted by molar-refractivity contribution is 6.20. The fourth-order valence-corrected chi connectivity index (χ4v) is 2.34. The summed E-state index contributed by atoms with van der Waals surface area (Å²) >= 11 is 0. The van der Waals surface area contributed by atoms with Gasteiger partial charge >= 0.3 is 5.69 Å². The molecule has 0 amide bonds. The van der Waals surface area contributed by atoms with Gasteiger partial charge in [0.1, 0.15) is 11.4 Å². The van der Waals surface area contributed by atoms with Gasteiger partial charge in [0.15, 0.2) is 11.2 Å². The molecule has 0 radical (unpaired) electrons. The highest BCUT2D eigenvalue weighted by Gasteiger charge is 2.30. The van der Waals surface area contributed by atoms with Gasteiger partial charge in [0.05, 0.1) is 0 Å². The van der Waals surface area contributed by atoms with Crippen molar-refractivity contribution >= 4 is 16.9 Å². The van der Waals surface area contributed by atoms with Gasteiger partial charge in [0.2, 0.25) is 5.78 Å². The molecule has 1 aliphatic carbocycles. The molecule has 0 spiro atoms. The second-order valence-electron chi connectivity index (χ2n) is 4.40. The highest BCUT2D eigenvalue weighted by Crippen LogP contribution is 2.33. The first-order chi connectivity index (χ1) is 9.65. The number of hydrogen-bond acceptors (Lipinski definition) is 5. The van der Waals surface area contributed by atoms with Gasteiger partial charge in [0, 0.05) is 11.1 Å². The zero-order chi connectivity index (χ0) is 13.9. The lowest BCUT2D eigenvalue weighted by atomic mass is 10.1. The van der Waals surface area contributed by atoms with Gasteiger partial charge < -0.3 is 0 Å². The molecule has 1 aliphatic rings. The Morgan fingerprint density at radius 3 is 2.40 bits per heavy atom. The van der Waals surface area contributed by atoms with E-state index < -0.39 is 11.2 Å². The molecule has 7 nitrogen and oxygen atoms in total. The molecule has 7 heteroatoms. The molecule has 0 unspecified atom stereocenters. The number of ketones is 1. The van der Waals surface area contributed by atoms with E-state index in [-0.39, 0.29) is 22.6 Å². The van der Waals surface area contributed by atoms with E-state index in [0.717, 1.165) is 0 Å². The first-order valence-corrected chi connectivity index (χ1v) is 5.83. The maximum atomic E-state index is 12.2. The zero-order valence-electron chi connectivity index (χ0n) is 9.93. The molecule has 3 aromatic rings. The first kappa shape index (κ1) is 10.8. The first-order valence-electron chi connectivity index (χ1n) is 5.83. The molecule has 0 atom stereocenters. The average molecular weight is 266 g/mol. The van der Waals surface area contributed by atoms with Crippen molar-refractivity contribution in [3.05, 3.63) is 56.4 Å². The number of nitrogens with zero attached hydrogens (tertiary/aromatic N) is 2. The Balaban J connectivity index is 2.19. The van der Waals surface area contributed by atoms with Crippen molar-refractivity contribution < 1.29 is 4.79 Å². The Labute approximate surface area is 110 Å². The van der Waals surface area contributed by atoms with E-state index in [2.05, 4.69) is 19.9 Å². The van der Waals surface area contributed by atoms with Crippen molar-refractivity contribution in [2.24, 2.45) is 0 Å². The maximum absolute atomic E-state index is 12.2. The van der Waals surface area contributed by atoms with E-state index in [0.29, 0.717) is 16.8 Å². The summed E-state index contributed by atoms with van der Waals surface area (Å²) in [5.74, 6) is -0.268. The van der Waals surface area contributed by atoms with Crippen molar-refractivity contribution in [2.75, 3.05) is 0 Å². The van der Waals surface area contributed by atoms with Crippen molar-refractivity contribution in [2.45, 2.75) is 0 Å². The lowest BCUT2D eigenvalue weighted by Gasteiger charge is -2.00. The number of fused-ring (bicyclic) bond motifs is 4. The number of aromatic amines is 2. The summed E-state index contributed by atoms with van der Waals surface area (Å²) in [4.78, 5) is 47.9. The Morgan fingerprint density at radius 1 is 0.850 bits per heavy atom. The summed E-state index contributed by atoms with van der Waals surface area (Å²) in [5.41, 5.74) is 0.374. The minimum atomic E-state index is -0.664. The van der Waals surface area contributed by atoms with E-state index in [9.17, 15) is 14.4 Å². The minimum absolute atomic E-state index is 0.0514. The minimum Gasteiger partial charge on any atom is -0.290 e. The van der Waals surface area contributed by atoms with Crippen LogP contribution in [0.5, 0.6) is 0 Å². The van der Waals surface area contributed by atoms with E-state index >= 15 is 0 Å². The molecule has 1 aromatic carbocycles. The smallest absolute Gasteiger partial charge is 0.290 e. The molecule has 0 aliphatic heterocycles. The van der Waals surface area contributed by atoms with Gasteiger partial charge in [-0.15, -0.1) is 0 Å². The molecule has 0 saturated heterocycles. The number of H-pyrrole nitrogens is 2.